The van der Waals surface area contributed by atoms with E-state index in [0.717, 1.165) is 25.0 Å². The molecule has 2 rings (SSSR count). The fourth-order valence-electron chi connectivity index (χ4n) is 2.08. The first-order valence-electron chi connectivity index (χ1n) is 6.16. The van der Waals surface area contributed by atoms with Crippen LogP contribution in [0.15, 0.2) is 24.3 Å². The van der Waals surface area contributed by atoms with Gasteiger partial charge in [0.2, 0.25) is 0 Å². The molecule has 1 N–H and O–H groups in total. The highest BCUT2D eigenvalue weighted by molar-refractivity contribution is 5.94. The fourth-order valence-corrected chi connectivity index (χ4v) is 2.08. The van der Waals surface area contributed by atoms with Gasteiger partial charge < -0.3 is 10.1 Å². The normalized spacial score (nSPS) is 21.2. The highest BCUT2D eigenvalue weighted by Crippen LogP contribution is 2.15. The minimum absolute atomic E-state index is 0.0204. The summed E-state index contributed by atoms with van der Waals surface area (Å²) < 4.78 is 5.56. The van der Waals surface area contributed by atoms with Crippen molar-refractivity contribution in [2.24, 2.45) is 0 Å². The maximum Gasteiger partial charge on any atom is 0.251 e. The number of aryl methyl sites for hydroxylation is 1. The van der Waals surface area contributed by atoms with Crippen LogP contribution >= 0.6 is 0 Å². The molecule has 2 unspecified atom stereocenters. The lowest BCUT2D eigenvalue weighted by Crippen LogP contribution is -2.40. The largest absolute Gasteiger partial charge is 0.376 e. The summed E-state index contributed by atoms with van der Waals surface area (Å²) in [7, 11) is 0. The molecule has 0 saturated carbocycles. The molecule has 3 nitrogen and oxygen atoms in total. The number of hydrogen-bond donors (Lipinski definition) is 1. The number of rotatable bonds is 3. The third kappa shape index (κ3) is 3.07. The summed E-state index contributed by atoms with van der Waals surface area (Å²) in [5.41, 5.74) is 1.87. The van der Waals surface area contributed by atoms with Crippen LogP contribution < -0.4 is 5.32 Å². The van der Waals surface area contributed by atoms with Crippen LogP contribution in [0.2, 0.25) is 0 Å². The average molecular weight is 233 g/mol. The SMILES string of the molecule is Cc1ccc(C(=O)NC(C)C2CCCO2)cc1. The molecule has 0 aliphatic carbocycles. The summed E-state index contributed by atoms with van der Waals surface area (Å²) in [5.74, 6) is -0.0204. The van der Waals surface area contributed by atoms with Crippen molar-refractivity contribution in [2.45, 2.75) is 38.8 Å². The molecule has 92 valence electrons. The minimum Gasteiger partial charge on any atom is -0.376 e. The first kappa shape index (κ1) is 12.1. The Morgan fingerprint density at radius 1 is 1.41 bits per heavy atom. The second-order valence-electron chi connectivity index (χ2n) is 4.68. The van der Waals surface area contributed by atoms with Crippen LogP contribution in [0.5, 0.6) is 0 Å². The standard InChI is InChI=1S/C14H19NO2/c1-10-5-7-12(8-6-10)14(16)15-11(2)13-4-3-9-17-13/h5-8,11,13H,3-4,9H2,1-2H3,(H,15,16). The zero-order valence-corrected chi connectivity index (χ0v) is 10.4. The van der Waals surface area contributed by atoms with Crippen LogP contribution in [0.25, 0.3) is 0 Å². The molecule has 17 heavy (non-hydrogen) atoms. The van der Waals surface area contributed by atoms with Crippen molar-refractivity contribution in [2.75, 3.05) is 6.61 Å². The Balaban J connectivity index is 1.94. The predicted octanol–water partition coefficient (Wildman–Crippen LogP) is 2.29. The monoisotopic (exact) mass is 233 g/mol. The van der Waals surface area contributed by atoms with Crippen molar-refractivity contribution in [1.29, 1.82) is 0 Å². The molecule has 1 heterocycles. The summed E-state index contributed by atoms with van der Waals surface area (Å²) in [4.78, 5) is 12.0. The van der Waals surface area contributed by atoms with Crippen molar-refractivity contribution in [3.8, 4) is 0 Å². The lowest BCUT2D eigenvalue weighted by atomic mass is 10.1. The molecule has 1 fully saturated rings. The number of ether oxygens (including phenoxy) is 1. The zero-order chi connectivity index (χ0) is 12.3. The molecule has 1 aliphatic rings. The molecule has 1 aliphatic heterocycles. The molecule has 1 aromatic carbocycles. The van der Waals surface area contributed by atoms with Crippen LogP contribution in [0.3, 0.4) is 0 Å². The summed E-state index contributed by atoms with van der Waals surface area (Å²) in [6, 6.07) is 7.68. The summed E-state index contributed by atoms with van der Waals surface area (Å²) in [5, 5.41) is 2.99. The molecule has 1 amide bonds. The maximum absolute atomic E-state index is 12.0. The van der Waals surface area contributed by atoms with Gasteiger partial charge in [-0.15, -0.1) is 0 Å². The van der Waals surface area contributed by atoms with Gasteiger partial charge >= 0.3 is 0 Å². The van der Waals surface area contributed by atoms with Crippen LogP contribution in [0, 0.1) is 6.92 Å². The van der Waals surface area contributed by atoms with Crippen molar-refractivity contribution in [3.05, 3.63) is 35.4 Å². The van der Waals surface area contributed by atoms with Crippen LogP contribution in [-0.2, 0) is 4.74 Å². The average Bonchev–Trinajstić information content (AvgIpc) is 2.83. The first-order chi connectivity index (χ1) is 8.16. The molecule has 0 spiro atoms. The topological polar surface area (TPSA) is 38.3 Å². The van der Waals surface area contributed by atoms with E-state index < -0.39 is 0 Å². The quantitative estimate of drug-likeness (QED) is 0.870. The van der Waals surface area contributed by atoms with Gasteiger partial charge in [0.1, 0.15) is 0 Å². The zero-order valence-electron chi connectivity index (χ0n) is 10.4. The second-order valence-corrected chi connectivity index (χ2v) is 4.68. The molecular weight excluding hydrogens is 214 g/mol. The van der Waals surface area contributed by atoms with E-state index in [2.05, 4.69) is 5.32 Å². The Hall–Kier alpha value is -1.35. The van der Waals surface area contributed by atoms with E-state index in [1.165, 1.54) is 0 Å². The summed E-state index contributed by atoms with van der Waals surface area (Å²) in [6.07, 6.45) is 2.30. The Morgan fingerprint density at radius 3 is 2.71 bits per heavy atom. The Bertz CT molecular complexity index is 380. The van der Waals surface area contributed by atoms with E-state index >= 15 is 0 Å². The van der Waals surface area contributed by atoms with Gasteiger partial charge in [0.25, 0.3) is 5.91 Å². The van der Waals surface area contributed by atoms with Crippen LogP contribution in [0.1, 0.15) is 35.7 Å². The maximum atomic E-state index is 12.0. The van der Waals surface area contributed by atoms with Crippen molar-refractivity contribution >= 4 is 5.91 Å². The van der Waals surface area contributed by atoms with Crippen molar-refractivity contribution in [3.63, 3.8) is 0 Å². The van der Waals surface area contributed by atoms with E-state index in [-0.39, 0.29) is 18.1 Å². The number of carbonyl (C=O) groups excluding carboxylic acids is 1. The van der Waals surface area contributed by atoms with E-state index in [1.54, 1.807) is 0 Å². The number of hydrogen-bond acceptors (Lipinski definition) is 2. The van der Waals surface area contributed by atoms with Gasteiger partial charge in [-0.2, -0.15) is 0 Å². The molecule has 0 aromatic heterocycles. The van der Waals surface area contributed by atoms with Gasteiger partial charge in [0.05, 0.1) is 12.1 Å². The molecule has 2 atom stereocenters. The smallest absolute Gasteiger partial charge is 0.251 e. The number of benzene rings is 1. The highest BCUT2D eigenvalue weighted by Gasteiger charge is 2.23. The summed E-state index contributed by atoms with van der Waals surface area (Å²) >= 11 is 0. The minimum atomic E-state index is -0.0204. The van der Waals surface area contributed by atoms with Gasteiger partial charge in [-0.25, -0.2) is 0 Å². The molecule has 0 bridgehead atoms. The van der Waals surface area contributed by atoms with Crippen LogP contribution in [0.4, 0.5) is 0 Å². The summed E-state index contributed by atoms with van der Waals surface area (Å²) in [6.45, 7) is 4.83. The lowest BCUT2D eigenvalue weighted by molar-refractivity contribution is 0.0712. The van der Waals surface area contributed by atoms with Gasteiger partial charge in [-0.1, -0.05) is 17.7 Å². The van der Waals surface area contributed by atoms with E-state index in [4.69, 9.17) is 4.74 Å². The van der Waals surface area contributed by atoms with E-state index in [9.17, 15) is 4.79 Å². The number of carbonyl (C=O) groups is 1. The molecular formula is C14H19NO2. The van der Waals surface area contributed by atoms with Gasteiger partial charge in [-0.05, 0) is 38.8 Å². The molecule has 1 aromatic rings. The van der Waals surface area contributed by atoms with Gasteiger partial charge in [0, 0.05) is 12.2 Å². The highest BCUT2D eigenvalue weighted by atomic mass is 16.5. The van der Waals surface area contributed by atoms with Crippen molar-refractivity contribution in [1.82, 2.24) is 5.32 Å². The molecule has 0 radical (unpaired) electrons. The molecule has 1 saturated heterocycles. The van der Waals surface area contributed by atoms with Crippen LogP contribution in [-0.4, -0.2) is 24.7 Å². The third-order valence-corrected chi connectivity index (χ3v) is 3.20. The van der Waals surface area contributed by atoms with Crippen molar-refractivity contribution < 1.29 is 9.53 Å². The lowest BCUT2D eigenvalue weighted by Gasteiger charge is -2.20. The third-order valence-electron chi connectivity index (χ3n) is 3.20. The van der Waals surface area contributed by atoms with Gasteiger partial charge in [0.15, 0.2) is 0 Å². The number of nitrogens with one attached hydrogen (secondary N) is 1. The Morgan fingerprint density at radius 2 is 2.12 bits per heavy atom. The number of amides is 1. The van der Waals surface area contributed by atoms with E-state index in [0.29, 0.717) is 5.56 Å². The van der Waals surface area contributed by atoms with E-state index in [1.807, 2.05) is 38.1 Å². The fraction of sp³-hybridized carbons (Fsp3) is 0.500. The Kier molecular flexibility index (Phi) is 3.79. The predicted molar refractivity (Wildman–Crippen MR) is 67.1 cm³/mol. The molecule has 3 heteroatoms. The second kappa shape index (κ2) is 5.32. The Labute approximate surface area is 102 Å². The van der Waals surface area contributed by atoms with Gasteiger partial charge in [-0.3, -0.25) is 4.79 Å². The first-order valence-corrected chi connectivity index (χ1v) is 6.16.